The van der Waals surface area contributed by atoms with Crippen molar-refractivity contribution in [2.75, 3.05) is 6.61 Å². The number of benzene rings is 2. The number of halogens is 1. The molecule has 4 rings (SSSR count). The molecule has 5 heteroatoms. The molecule has 0 N–H and O–H groups in total. The van der Waals surface area contributed by atoms with Gasteiger partial charge < -0.3 is 9.57 Å². The molecule has 0 amide bonds. The fourth-order valence-corrected chi connectivity index (χ4v) is 3.95. The fraction of sp³-hybridized carbons (Fsp3) is 0.409. The molecule has 1 aromatic heterocycles. The predicted octanol–water partition coefficient (Wildman–Crippen LogP) is 5.38. The van der Waals surface area contributed by atoms with Gasteiger partial charge in [-0.15, -0.1) is 0 Å². The lowest BCUT2D eigenvalue weighted by molar-refractivity contribution is 0.117. The number of nitrogens with zero attached hydrogens (tertiary/aromatic N) is 2. The largest absolute Gasteiger partial charge is 0.489 e. The summed E-state index contributed by atoms with van der Waals surface area (Å²) >= 11 is 6.45. The lowest BCUT2D eigenvalue weighted by Gasteiger charge is -2.23. The van der Waals surface area contributed by atoms with Crippen LogP contribution in [-0.4, -0.2) is 22.4 Å². The lowest BCUT2D eigenvalue weighted by atomic mass is 9.98. The maximum atomic E-state index is 6.45. The number of para-hydroxylation sites is 2. The van der Waals surface area contributed by atoms with Gasteiger partial charge >= 0.3 is 0 Å². The van der Waals surface area contributed by atoms with E-state index in [-0.39, 0.29) is 0 Å². The number of imidazole rings is 1. The molecule has 0 saturated heterocycles. The van der Waals surface area contributed by atoms with Crippen molar-refractivity contribution in [3.8, 4) is 5.75 Å². The van der Waals surface area contributed by atoms with Crippen molar-refractivity contribution in [2.45, 2.75) is 51.6 Å². The number of ether oxygens (including phenoxy) is 1. The molecule has 0 bridgehead atoms. The van der Waals surface area contributed by atoms with Crippen molar-refractivity contribution in [1.82, 2.24) is 9.71 Å². The zero-order valence-corrected chi connectivity index (χ0v) is 16.4. The van der Waals surface area contributed by atoms with Crippen LogP contribution in [0.25, 0.3) is 11.0 Å². The Morgan fingerprint density at radius 3 is 2.74 bits per heavy atom. The average Bonchev–Trinajstić information content (AvgIpc) is 3.00. The fourth-order valence-electron chi connectivity index (χ4n) is 3.70. The molecule has 27 heavy (non-hydrogen) atoms. The first-order chi connectivity index (χ1) is 13.2. The Kier molecular flexibility index (Phi) is 5.53. The van der Waals surface area contributed by atoms with Crippen LogP contribution in [-0.2, 0) is 6.42 Å². The molecule has 142 valence electrons. The first-order valence-electron chi connectivity index (χ1n) is 9.73. The van der Waals surface area contributed by atoms with Crippen molar-refractivity contribution in [2.24, 2.45) is 0 Å². The van der Waals surface area contributed by atoms with E-state index >= 15 is 0 Å². The maximum absolute atomic E-state index is 6.45. The molecule has 3 aromatic rings. The summed E-state index contributed by atoms with van der Waals surface area (Å²) in [6.07, 6.45) is 7.16. The molecule has 1 fully saturated rings. The van der Waals surface area contributed by atoms with Gasteiger partial charge in [-0.2, -0.15) is 4.73 Å². The van der Waals surface area contributed by atoms with Crippen LogP contribution in [0.2, 0.25) is 5.02 Å². The maximum Gasteiger partial charge on any atom is 0.143 e. The number of aromatic nitrogens is 2. The standard InChI is InChI=1S/C22H25ClN2O2/c1-16-24-20-9-5-6-10-21(20)25(16)26-14-13-17-11-12-22(19(23)15-17)27-18-7-3-2-4-8-18/h5-6,9-12,15,18H,2-4,7-8,13-14H2,1H3. The minimum atomic E-state index is 0.308. The Labute approximate surface area is 165 Å². The van der Waals surface area contributed by atoms with E-state index in [0.717, 1.165) is 47.4 Å². The van der Waals surface area contributed by atoms with E-state index in [2.05, 4.69) is 11.1 Å². The van der Waals surface area contributed by atoms with Gasteiger partial charge in [0.25, 0.3) is 0 Å². The SMILES string of the molecule is Cc1nc2ccccc2n1OCCc1ccc(OC2CCCCC2)c(Cl)c1. The molecule has 0 aliphatic heterocycles. The van der Waals surface area contributed by atoms with Crippen LogP contribution >= 0.6 is 11.6 Å². The molecular formula is C22H25ClN2O2. The van der Waals surface area contributed by atoms with Crippen molar-refractivity contribution in [3.63, 3.8) is 0 Å². The van der Waals surface area contributed by atoms with E-state index in [1.54, 1.807) is 4.73 Å². The van der Waals surface area contributed by atoms with Gasteiger partial charge in [0.2, 0.25) is 0 Å². The molecule has 1 heterocycles. The molecule has 1 aliphatic rings. The van der Waals surface area contributed by atoms with Gasteiger partial charge in [0.05, 0.1) is 16.6 Å². The van der Waals surface area contributed by atoms with Crippen LogP contribution in [0.4, 0.5) is 0 Å². The molecule has 4 nitrogen and oxygen atoms in total. The van der Waals surface area contributed by atoms with Gasteiger partial charge in [-0.3, -0.25) is 0 Å². The Hall–Kier alpha value is -2.20. The molecule has 0 radical (unpaired) electrons. The third-order valence-corrected chi connectivity index (χ3v) is 5.43. The van der Waals surface area contributed by atoms with Crippen LogP contribution in [0.3, 0.4) is 0 Å². The van der Waals surface area contributed by atoms with E-state index in [0.29, 0.717) is 17.7 Å². The van der Waals surface area contributed by atoms with Crippen molar-refractivity contribution >= 4 is 22.6 Å². The van der Waals surface area contributed by atoms with E-state index < -0.39 is 0 Å². The monoisotopic (exact) mass is 384 g/mol. The van der Waals surface area contributed by atoms with Crippen LogP contribution in [0, 0.1) is 6.92 Å². The molecule has 1 aliphatic carbocycles. The first-order valence-corrected chi connectivity index (χ1v) is 10.1. The summed E-state index contributed by atoms with van der Waals surface area (Å²) in [4.78, 5) is 10.5. The zero-order chi connectivity index (χ0) is 18.6. The summed E-state index contributed by atoms with van der Waals surface area (Å²) in [7, 11) is 0. The summed E-state index contributed by atoms with van der Waals surface area (Å²) in [5.74, 6) is 1.65. The average molecular weight is 385 g/mol. The second-order valence-corrected chi connectivity index (χ2v) is 7.58. The van der Waals surface area contributed by atoms with Gasteiger partial charge in [0, 0.05) is 6.42 Å². The molecule has 0 unspecified atom stereocenters. The summed E-state index contributed by atoms with van der Waals surface area (Å²) in [6, 6.07) is 14.0. The summed E-state index contributed by atoms with van der Waals surface area (Å²) in [6.45, 7) is 2.51. The number of rotatable bonds is 6. The molecule has 2 aromatic carbocycles. The third-order valence-electron chi connectivity index (χ3n) is 5.13. The second kappa shape index (κ2) is 8.22. The van der Waals surface area contributed by atoms with Crippen molar-refractivity contribution in [3.05, 3.63) is 58.9 Å². The summed E-state index contributed by atoms with van der Waals surface area (Å²) < 4.78 is 7.90. The Balaban J connectivity index is 1.37. The highest BCUT2D eigenvalue weighted by Crippen LogP contribution is 2.30. The van der Waals surface area contributed by atoms with Gasteiger partial charge in [-0.05, 0) is 62.4 Å². The quantitative estimate of drug-likeness (QED) is 0.572. The zero-order valence-electron chi connectivity index (χ0n) is 15.7. The van der Waals surface area contributed by atoms with Crippen LogP contribution in [0.1, 0.15) is 43.5 Å². The van der Waals surface area contributed by atoms with E-state index in [1.165, 1.54) is 19.3 Å². The smallest absolute Gasteiger partial charge is 0.143 e. The van der Waals surface area contributed by atoms with Crippen molar-refractivity contribution in [1.29, 1.82) is 0 Å². The number of hydrogen-bond acceptors (Lipinski definition) is 3. The first kappa shape index (κ1) is 18.2. The van der Waals surface area contributed by atoms with Gasteiger partial charge in [-0.25, -0.2) is 4.98 Å². The Morgan fingerprint density at radius 2 is 1.93 bits per heavy atom. The molecule has 0 atom stereocenters. The van der Waals surface area contributed by atoms with E-state index in [9.17, 15) is 0 Å². The van der Waals surface area contributed by atoms with Crippen LogP contribution in [0.5, 0.6) is 5.75 Å². The minimum Gasteiger partial charge on any atom is -0.489 e. The van der Waals surface area contributed by atoms with Crippen LogP contribution in [0.15, 0.2) is 42.5 Å². The molecular weight excluding hydrogens is 360 g/mol. The number of aryl methyl sites for hydroxylation is 1. The van der Waals surface area contributed by atoms with Gasteiger partial charge in [-0.1, -0.05) is 36.2 Å². The lowest BCUT2D eigenvalue weighted by Crippen LogP contribution is -2.19. The van der Waals surface area contributed by atoms with E-state index in [4.69, 9.17) is 21.2 Å². The normalized spacial score (nSPS) is 15.2. The van der Waals surface area contributed by atoms with E-state index in [1.807, 2.05) is 43.3 Å². The Morgan fingerprint density at radius 1 is 1.11 bits per heavy atom. The summed E-state index contributed by atoms with van der Waals surface area (Å²) in [5.41, 5.74) is 3.07. The molecule has 0 spiro atoms. The molecule has 1 saturated carbocycles. The Bertz CT molecular complexity index is 916. The number of hydrogen-bond donors (Lipinski definition) is 0. The topological polar surface area (TPSA) is 36.3 Å². The third kappa shape index (κ3) is 4.22. The highest BCUT2D eigenvalue weighted by atomic mass is 35.5. The predicted molar refractivity (Wildman–Crippen MR) is 109 cm³/mol. The van der Waals surface area contributed by atoms with Crippen LogP contribution < -0.4 is 9.57 Å². The minimum absolute atomic E-state index is 0.308. The number of fused-ring (bicyclic) bond motifs is 1. The highest BCUT2D eigenvalue weighted by molar-refractivity contribution is 6.32. The van der Waals surface area contributed by atoms with Gasteiger partial charge in [0.15, 0.2) is 0 Å². The second-order valence-electron chi connectivity index (χ2n) is 7.17. The highest BCUT2D eigenvalue weighted by Gasteiger charge is 2.16. The summed E-state index contributed by atoms with van der Waals surface area (Å²) in [5, 5.41) is 0.683. The van der Waals surface area contributed by atoms with Gasteiger partial charge in [0.1, 0.15) is 23.7 Å². The van der Waals surface area contributed by atoms with Crippen molar-refractivity contribution < 1.29 is 9.57 Å².